The second-order valence-electron chi connectivity index (χ2n) is 9.69. The lowest BCUT2D eigenvalue weighted by Crippen LogP contribution is -2.33. The van der Waals surface area contributed by atoms with Crippen molar-refractivity contribution in [2.45, 2.75) is 32.2 Å². The van der Waals surface area contributed by atoms with Crippen LogP contribution in [0.2, 0.25) is 5.02 Å². The second-order valence-corrected chi connectivity index (χ2v) is 10.1. The molecule has 0 atom stereocenters. The number of hydrogen-bond acceptors (Lipinski definition) is 4. The van der Waals surface area contributed by atoms with Crippen molar-refractivity contribution >= 4 is 34.4 Å². The fourth-order valence-corrected chi connectivity index (χ4v) is 5.44. The minimum absolute atomic E-state index is 0.0249. The van der Waals surface area contributed by atoms with Crippen molar-refractivity contribution in [2.24, 2.45) is 11.8 Å². The van der Waals surface area contributed by atoms with Gasteiger partial charge in [-0.2, -0.15) is 0 Å². The Bertz CT molecular complexity index is 1390. The SMILES string of the molecule is COC(=O)C1CCC(CNC(=O)c2cc(Cl)cc3ccn(Cc4ccc(-c5ccccc5)cn4)c23)CC1. The molecule has 6 nitrogen and oxygen atoms in total. The molecule has 2 heterocycles. The molecule has 0 aliphatic heterocycles. The van der Waals surface area contributed by atoms with Gasteiger partial charge in [0.05, 0.1) is 36.3 Å². The summed E-state index contributed by atoms with van der Waals surface area (Å²) >= 11 is 6.38. The average molecular weight is 516 g/mol. The first-order valence-electron chi connectivity index (χ1n) is 12.7. The van der Waals surface area contributed by atoms with Gasteiger partial charge in [0, 0.05) is 34.9 Å². The number of carbonyl (C=O) groups excluding carboxylic acids is 2. The van der Waals surface area contributed by atoms with Crippen LogP contribution in [0.1, 0.15) is 41.7 Å². The number of aromatic nitrogens is 2. The van der Waals surface area contributed by atoms with E-state index in [0.29, 0.717) is 29.6 Å². The van der Waals surface area contributed by atoms with Crippen LogP contribution < -0.4 is 5.32 Å². The number of halogens is 1. The lowest BCUT2D eigenvalue weighted by atomic mass is 9.82. The number of benzene rings is 2. The molecule has 1 amide bonds. The van der Waals surface area contributed by atoms with Gasteiger partial charge in [0.25, 0.3) is 5.91 Å². The van der Waals surface area contributed by atoms with Crippen LogP contribution in [0.4, 0.5) is 0 Å². The highest BCUT2D eigenvalue weighted by molar-refractivity contribution is 6.32. The molecule has 2 aromatic heterocycles. The summed E-state index contributed by atoms with van der Waals surface area (Å²) in [6.07, 6.45) is 7.24. The molecule has 0 saturated heterocycles. The Morgan fingerprint density at radius 1 is 1.03 bits per heavy atom. The average Bonchev–Trinajstić information content (AvgIpc) is 3.34. The molecule has 0 spiro atoms. The van der Waals surface area contributed by atoms with Crippen LogP contribution in [0.5, 0.6) is 0 Å². The number of esters is 1. The largest absolute Gasteiger partial charge is 0.469 e. The summed E-state index contributed by atoms with van der Waals surface area (Å²) < 4.78 is 6.93. The summed E-state index contributed by atoms with van der Waals surface area (Å²) in [6.45, 7) is 1.11. The maximum Gasteiger partial charge on any atom is 0.308 e. The first-order valence-corrected chi connectivity index (χ1v) is 13.0. The van der Waals surface area contributed by atoms with E-state index in [1.807, 2.05) is 53.4 Å². The second kappa shape index (κ2) is 11.2. The van der Waals surface area contributed by atoms with Gasteiger partial charge in [-0.15, -0.1) is 0 Å². The fourth-order valence-electron chi connectivity index (χ4n) is 5.21. The van der Waals surface area contributed by atoms with E-state index in [0.717, 1.165) is 53.4 Å². The van der Waals surface area contributed by atoms with E-state index in [1.54, 1.807) is 6.07 Å². The van der Waals surface area contributed by atoms with Gasteiger partial charge < -0.3 is 14.6 Å². The van der Waals surface area contributed by atoms with Gasteiger partial charge in [-0.3, -0.25) is 14.6 Å². The number of amides is 1. The smallest absolute Gasteiger partial charge is 0.308 e. The monoisotopic (exact) mass is 515 g/mol. The summed E-state index contributed by atoms with van der Waals surface area (Å²) in [5.74, 6) is 0.0467. The zero-order chi connectivity index (χ0) is 25.8. The van der Waals surface area contributed by atoms with Crippen molar-refractivity contribution in [1.29, 1.82) is 0 Å². The molecule has 1 saturated carbocycles. The highest BCUT2D eigenvalue weighted by Gasteiger charge is 2.27. The molecule has 4 aromatic rings. The molecule has 1 fully saturated rings. The van der Waals surface area contributed by atoms with Crippen LogP contribution in [-0.2, 0) is 16.1 Å². The number of methoxy groups -OCH3 is 1. The molecule has 37 heavy (non-hydrogen) atoms. The Kier molecular flexibility index (Phi) is 7.56. The highest BCUT2D eigenvalue weighted by Crippen LogP contribution is 2.30. The van der Waals surface area contributed by atoms with Gasteiger partial charge in [-0.05, 0) is 61.4 Å². The summed E-state index contributed by atoms with van der Waals surface area (Å²) in [4.78, 5) is 29.8. The molecular formula is C30H30ClN3O3. The van der Waals surface area contributed by atoms with Crippen molar-refractivity contribution in [3.05, 3.63) is 89.3 Å². The van der Waals surface area contributed by atoms with E-state index in [4.69, 9.17) is 16.3 Å². The van der Waals surface area contributed by atoms with Crippen LogP contribution >= 0.6 is 11.6 Å². The molecule has 7 heteroatoms. The Morgan fingerprint density at radius 3 is 2.51 bits per heavy atom. The number of fused-ring (bicyclic) bond motifs is 1. The number of nitrogens with zero attached hydrogens (tertiary/aromatic N) is 2. The van der Waals surface area contributed by atoms with Crippen LogP contribution in [0.15, 0.2) is 73.1 Å². The Balaban J connectivity index is 1.30. The summed E-state index contributed by atoms with van der Waals surface area (Å²) in [7, 11) is 1.44. The maximum atomic E-state index is 13.3. The minimum atomic E-state index is -0.144. The molecule has 0 bridgehead atoms. The summed E-state index contributed by atoms with van der Waals surface area (Å²) in [6, 6.07) is 19.8. The van der Waals surface area contributed by atoms with Crippen molar-refractivity contribution in [3.8, 4) is 11.1 Å². The Morgan fingerprint density at radius 2 is 1.81 bits per heavy atom. The molecule has 1 aliphatic rings. The molecule has 2 aromatic carbocycles. The van der Waals surface area contributed by atoms with Crippen LogP contribution in [-0.4, -0.2) is 35.1 Å². The third-order valence-corrected chi connectivity index (χ3v) is 7.49. The van der Waals surface area contributed by atoms with Crippen LogP contribution in [0.3, 0.4) is 0 Å². The zero-order valence-electron chi connectivity index (χ0n) is 20.8. The van der Waals surface area contributed by atoms with E-state index in [2.05, 4.69) is 28.5 Å². The number of hydrogen-bond donors (Lipinski definition) is 1. The van der Waals surface area contributed by atoms with Crippen molar-refractivity contribution in [3.63, 3.8) is 0 Å². The molecule has 1 aliphatic carbocycles. The molecule has 1 N–H and O–H groups in total. The molecule has 5 rings (SSSR count). The quantitative estimate of drug-likeness (QED) is 0.301. The number of rotatable bonds is 7. The topological polar surface area (TPSA) is 73.2 Å². The first-order chi connectivity index (χ1) is 18.0. The van der Waals surface area contributed by atoms with E-state index in [1.165, 1.54) is 7.11 Å². The molecule has 0 radical (unpaired) electrons. The van der Waals surface area contributed by atoms with Gasteiger partial charge in [-0.1, -0.05) is 48.0 Å². The number of pyridine rings is 1. The predicted octanol–water partition coefficient (Wildman–Crippen LogP) is 6.11. The minimum Gasteiger partial charge on any atom is -0.469 e. The number of ether oxygens (including phenoxy) is 1. The molecular weight excluding hydrogens is 486 g/mol. The zero-order valence-corrected chi connectivity index (χ0v) is 21.6. The van der Waals surface area contributed by atoms with Crippen molar-refractivity contribution in [1.82, 2.24) is 14.9 Å². The third kappa shape index (κ3) is 5.70. The Labute approximate surface area is 221 Å². The van der Waals surface area contributed by atoms with E-state index in [-0.39, 0.29) is 17.8 Å². The molecule has 0 unspecified atom stereocenters. The van der Waals surface area contributed by atoms with Gasteiger partial charge in [0.15, 0.2) is 0 Å². The van der Waals surface area contributed by atoms with Gasteiger partial charge in [0.2, 0.25) is 0 Å². The normalized spacial score (nSPS) is 17.5. The lowest BCUT2D eigenvalue weighted by Gasteiger charge is -2.27. The highest BCUT2D eigenvalue weighted by atomic mass is 35.5. The number of nitrogens with one attached hydrogen (secondary N) is 1. The van der Waals surface area contributed by atoms with Crippen molar-refractivity contribution in [2.75, 3.05) is 13.7 Å². The standard InChI is InChI=1S/C30H30ClN3O3/c1-37-30(36)22-9-7-20(8-10-22)17-33-29(35)27-16-25(31)15-23-13-14-34(28(23)27)19-26-12-11-24(18-32-26)21-5-3-2-4-6-21/h2-6,11-16,18,20,22H,7-10,17,19H2,1H3,(H,33,35). The van der Waals surface area contributed by atoms with Gasteiger partial charge >= 0.3 is 5.97 Å². The first kappa shape index (κ1) is 25.0. The fraction of sp³-hybridized carbons (Fsp3) is 0.300. The Hall–Kier alpha value is -3.64. The molecule has 190 valence electrons. The number of carbonyl (C=O) groups is 2. The summed E-state index contributed by atoms with van der Waals surface area (Å²) in [5, 5.41) is 4.55. The lowest BCUT2D eigenvalue weighted by molar-refractivity contribution is -0.146. The summed E-state index contributed by atoms with van der Waals surface area (Å²) in [5.41, 5.74) is 4.48. The maximum absolute atomic E-state index is 13.3. The third-order valence-electron chi connectivity index (χ3n) is 7.27. The predicted molar refractivity (Wildman–Crippen MR) is 146 cm³/mol. The van der Waals surface area contributed by atoms with E-state index < -0.39 is 0 Å². The van der Waals surface area contributed by atoms with Crippen molar-refractivity contribution < 1.29 is 14.3 Å². The van der Waals surface area contributed by atoms with E-state index in [9.17, 15) is 9.59 Å². The van der Waals surface area contributed by atoms with Gasteiger partial charge in [-0.25, -0.2) is 0 Å². The van der Waals surface area contributed by atoms with Gasteiger partial charge in [0.1, 0.15) is 0 Å². The van der Waals surface area contributed by atoms with E-state index >= 15 is 0 Å². The van der Waals surface area contributed by atoms with Crippen LogP contribution in [0, 0.1) is 11.8 Å². The van der Waals surface area contributed by atoms with Crippen LogP contribution in [0.25, 0.3) is 22.0 Å².